The Balaban J connectivity index is 2.25. The maximum Gasteiger partial charge on any atom is 0.0641 e. The Morgan fingerprint density at radius 1 is 1.55 bits per heavy atom. The van der Waals surface area contributed by atoms with Gasteiger partial charge in [0.2, 0.25) is 0 Å². The molecule has 0 amide bonds. The van der Waals surface area contributed by atoms with Crippen LogP contribution in [0.5, 0.6) is 0 Å². The molecule has 1 atom stereocenters. The van der Waals surface area contributed by atoms with E-state index < -0.39 is 0 Å². The molecule has 1 nitrogen and oxygen atoms in total. The van der Waals surface area contributed by atoms with Gasteiger partial charge in [-0.15, -0.1) is 0 Å². The van der Waals surface area contributed by atoms with E-state index in [9.17, 15) is 0 Å². The topological polar surface area (TPSA) is 12.0 Å². The average Bonchev–Trinajstić information content (AvgIpc) is 2.06. The number of thiocarbonyl (C=S) groups is 1. The number of allylic oxidation sites excluding steroid dienone is 2. The lowest BCUT2D eigenvalue weighted by Crippen LogP contribution is -2.41. The SMILES string of the molecule is S=C1C=CC=C2CCCNC12. The van der Waals surface area contributed by atoms with Crippen molar-refractivity contribution >= 4 is 17.1 Å². The summed E-state index contributed by atoms with van der Waals surface area (Å²) in [5.74, 6) is 0. The second kappa shape index (κ2) is 2.88. The summed E-state index contributed by atoms with van der Waals surface area (Å²) in [6, 6.07) is 0.378. The first-order chi connectivity index (χ1) is 5.38. The molecule has 0 bridgehead atoms. The van der Waals surface area contributed by atoms with Gasteiger partial charge in [0.05, 0.1) is 6.04 Å². The molecule has 1 aliphatic heterocycles. The molecule has 2 heteroatoms. The quantitative estimate of drug-likeness (QED) is 0.547. The van der Waals surface area contributed by atoms with Crippen molar-refractivity contribution in [1.29, 1.82) is 0 Å². The largest absolute Gasteiger partial charge is 0.306 e. The second-order valence-electron chi connectivity index (χ2n) is 2.99. The van der Waals surface area contributed by atoms with Crippen molar-refractivity contribution in [2.45, 2.75) is 18.9 Å². The third-order valence-corrected chi connectivity index (χ3v) is 2.59. The summed E-state index contributed by atoms with van der Waals surface area (Å²) in [6.07, 6.45) is 8.72. The third kappa shape index (κ3) is 1.28. The van der Waals surface area contributed by atoms with Crippen molar-refractivity contribution < 1.29 is 0 Å². The fourth-order valence-electron chi connectivity index (χ4n) is 1.64. The van der Waals surface area contributed by atoms with Crippen LogP contribution in [0.25, 0.3) is 0 Å². The summed E-state index contributed by atoms with van der Waals surface area (Å²) in [5.41, 5.74) is 1.46. The molecule has 0 radical (unpaired) electrons. The summed E-state index contributed by atoms with van der Waals surface area (Å²) in [5, 5.41) is 3.41. The maximum absolute atomic E-state index is 5.21. The Morgan fingerprint density at radius 3 is 3.27 bits per heavy atom. The minimum atomic E-state index is 0.378. The smallest absolute Gasteiger partial charge is 0.0641 e. The zero-order valence-corrected chi connectivity index (χ0v) is 7.16. The molecule has 2 rings (SSSR count). The van der Waals surface area contributed by atoms with Crippen LogP contribution in [-0.2, 0) is 0 Å². The van der Waals surface area contributed by atoms with Crippen LogP contribution in [-0.4, -0.2) is 17.5 Å². The average molecular weight is 165 g/mol. The maximum atomic E-state index is 5.21. The molecule has 58 valence electrons. The Kier molecular flexibility index (Phi) is 1.88. The van der Waals surface area contributed by atoms with Crippen LogP contribution in [0.4, 0.5) is 0 Å². The number of hydrogen-bond donors (Lipinski definition) is 1. The van der Waals surface area contributed by atoms with E-state index in [2.05, 4.69) is 17.5 Å². The van der Waals surface area contributed by atoms with E-state index >= 15 is 0 Å². The molecule has 1 unspecified atom stereocenters. The summed E-state index contributed by atoms with van der Waals surface area (Å²) < 4.78 is 0. The van der Waals surface area contributed by atoms with Crippen LogP contribution in [0.15, 0.2) is 23.8 Å². The predicted octanol–water partition coefficient (Wildman–Crippen LogP) is 1.60. The summed E-state index contributed by atoms with van der Waals surface area (Å²) in [4.78, 5) is 1.04. The standard InChI is InChI=1S/C9H11NS/c11-8-5-1-3-7-4-2-6-10-9(7)8/h1,3,5,9-10H,2,4,6H2. The summed E-state index contributed by atoms with van der Waals surface area (Å²) in [6.45, 7) is 1.11. The van der Waals surface area contributed by atoms with E-state index in [4.69, 9.17) is 12.2 Å². The van der Waals surface area contributed by atoms with Crippen LogP contribution in [0, 0.1) is 0 Å². The van der Waals surface area contributed by atoms with E-state index in [-0.39, 0.29) is 0 Å². The van der Waals surface area contributed by atoms with Crippen LogP contribution < -0.4 is 5.32 Å². The van der Waals surface area contributed by atoms with E-state index in [0.29, 0.717) is 6.04 Å². The zero-order valence-electron chi connectivity index (χ0n) is 6.34. The second-order valence-corrected chi connectivity index (χ2v) is 3.47. The van der Waals surface area contributed by atoms with Crippen LogP contribution >= 0.6 is 12.2 Å². The lowest BCUT2D eigenvalue weighted by atomic mass is 9.92. The van der Waals surface area contributed by atoms with Gasteiger partial charge in [-0.3, -0.25) is 0 Å². The Labute approximate surface area is 72.2 Å². The molecule has 1 fully saturated rings. The third-order valence-electron chi connectivity index (χ3n) is 2.22. The van der Waals surface area contributed by atoms with Gasteiger partial charge in [0.15, 0.2) is 0 Å². The van der Waals surface area contributed by atoms with Gasteiger partial charge in [-0.25, -0.2) is 0 Å². The molecule has 0 aromatic carbocycles. The molecule has 1 aliphatic carbocycles. The van der Waals surface area contributed by atoms with Gasteiger partial charge in [-0.05, 0) is 31.0 Å². The molecule has 1 N–H and O–H groups in total. The molecule has 0 aromatic rings. The van der Waals surface area contributed by atoms with E-state index in [1.54, 1.807) is 0 Å². The van der Waals surface area contributed by atoms with Gasteiger partial charge >= 0.3 is 0 Å². The lowest BCUT2D eigenvalue weighted by molar-refractivity contribution is 0.566. The number of hydrogen-bond acceptors (Lipinski definition) is 2. The van der Waals surface area contributed by atoms with Crippen molar-refractivity contribution in [1.82, 2.24) is 5.32 Å². The molecular weight excluding hydrogens is 154 g/mol. The molecule has 0 saturated carbocycles. The number of piperidine rings is 1. The summed E-state index contributed by atoms with van der Waals surface area (Å²) >= 11 is 5.21. The van der Waals surface area contributed by atoms with Gasteiger partial charge < -0.3 is 5.32 Å². The first-order valence-electron chi connectivity index (χ1n) is 4.02. The first kappa shape index (κ1) is 7.19. The molecule has 11 heavy (non-hydrogen) atoms. The van der Waals surface area contributed by atoms with Gasteiger partial charge in [-0.1, -0.05) is 24.4 Å². The Hall–Kier alpha value is -0.470. The molecule has 1 saturated heterocycles. The monoisotopic (exact) mass is 165 g/mol. The zero-order chi connectivity index (χ0) is 7.68. The van der Waals surface area contributed by atoms with Gasteiger partial charge in [0, 0.05) is 4.86 Å². The molecule has 1 heterocycles. The van der Waals surface area contributed by atoms with Crippen molar-refractivity contribution in [3.05, 3.63) is 23.8 Å². The minimum Gasteiger partial charge on any atom is -0.306 e. The lowest BCUT2D eigenvalue weighted by Gasteiger charge is -2.28. The van der Waals surface area contributed by atoms with E-state index in [1.807, 2.05) is 6.08 Å². The summed E-state index contributed by atoms with van der Waals surface area (Å²) in [7, 11) is 0. The number of nitrogens with one attached hydrogen (secondary N) is 1. The fourth-order valence-corrected chi connectivity index (χ4v) is 1.95. The minimum absolute atomic E-state index is 0.378. The predicted molar refractivity (Wildman–Crippen MR) is 50.8 cm³/mol. The van der Waals surface area contributed by atoms with Crippen molar-refractivity contribution in [2.24, 2.45) is 0 Å². The van der Waals surface area contributed by atoms with Gasteiger partial charge in [0.1, 0.15) is 0 Å². The van der Waals surface area contributed by atoms with E-state index in [1.165, 1.54) is 18.4 Å². The first-order valence-corrected chi connectivity index (χ1v) is 4.43. The molecule has 0 aromatic heterocycles. The Morgan fingerprint density at radius 2 is 2.45 bits per heavy atom. The van der Waals surface area contributed by atoms with Crippen molar-refractivity contribution in [3.63, 3.8) is 0 Å². The molecular formula is C9H11NS. The highest BCUT2D eigenvalue weighted by Gasteiger charge is 2.21. The van der Waals surface area contributed by atoms with Gasteiger partial charge in [0.25, 0.3) is 0 Å². The Bertz CT molecular complexity index is 240. The van der Waals surface area contributed by atoms with Gasteiger partial charge in [-0.2, -0.15) is 0 Å². The van der Waals surface area contributed by atoms with Crippen LogP contribution in [0.3, 0.4) is 0 Å². The number of fused-ring (bicyclic) bond motifs is 1. The van der Waals surface area contributed by atoms with Crippen LogP contribution in [0.1, 0.15) is 12.8 Å². The van der Waals surface area contributed by atoms with Crippen molar-refractivity contribution in [3.8, 4) is 0 Å². The number of rotatable bonds is 0. The molecule has 0 spiro atoms. The fraction of sp³-hybridized carbons (Fsp3) is 0.444. The molecule has 2 aliphatic rings. The highest BCUT2D eigenvalue weighted by atomic mass is 32.1. The van der Waals surface area contributed by atoms with Crippen molar-refractivity contribution in [2.75, 3.05) is 6.54 Å². The highest BCUT2D eigenvalue weighted by molar-refractivity contribution is 7.80. The van der Waals surface area contributed by atoms with E-state index in [0.717, 1.165) is 11.4 Å². The highest BCUT2D eigenvalue weighted by Crippen LogP contribution is 2.20. The normalized spacial score (nSPS) is 29.6. The van der Waals surface area contributed by atoms with Crippen LogP contribution in [0.2, 0.25) is 0 Å².